The second kappa shape index (κ2) is 7.16. The number of ether oxygens (including phenoxy) is 1. The van der Waals surface area contributed by atoms with Crippen LogP contribution in [0.3, 0.4) is 0 Å². The summed E-state index contributed by atoms with van der Waals surface area (Å²) in [5.74, 6) is 0.381. The van der Waals surface area contributed by atoms with Crippen molar-refractivity contribution in [3.8, 4) is 5.75 Å². The fourth-order valence-electron chi connectivity index (χ4n) is 3.04. The van der Waals surface area contributed by atoms with Crippen LogP contribution in [0, 0.1) is 5.92 Å². The Morgan fingerprint density at radius 1 is 1.14 bits per heavy atom. The molecule has 0 heterocycles. The van der Waals surface area contributed by atoms with Gasteiger partial charge in [0.15, 0.2) is 0 Å². The summed E-state index contributed by atoms with van der Waals surface area (Å²) in [5, 5.41) is 0. The second-order valence-corrected chi connectivity index (χ2v) is 5.82. The van der Waals surface area contributed by atoms with Crippen LogP contribution in [0.5, 0.6) is 5.75 Å². The third-order valence-electron chi connectivity index (χ3n) is 4.08. The predicted octanol–water partition coefficient (Wildman–Crippen LogP) is 4.95. The number of rotatable bonds is 4. The Morgan fingerprint density at radius 3 is 2.43 bits per heavy atom. The van der Waals surface area contributed by atoms with Crippen molar-refractivity contribution in [2.75, 3.05) is 0 Å². The molecule has 0 radical (unpaired) electrons. The van der Waals surface area contributed by atoms with Gasteiger partial charge in [-0.1, -0.05) is 50.7 Å². The van der Waals surface area contributed by atoms with Gasteiger partial charge in [0, 0.05) is 6.04 Å². The van der Waals surface area contributed by atoms with Crippen LogP contribution in [-0.2, 0) is 0 Å². The zero-order valence-electron chi connectivity index (χ0n) is 12.0. The summed E-state index contributed by atoms with van der Waals surface area (Å²) >= 11 is 0. The Morgan fingerprint density at radius 2 is 1.81 bits per heavy atom. The largest absolute Gasteiger partial charge is 0.573 e. The topological polar surface area (TPSA) is 35.2 Å². The smallest absolute Gasteiger partial charge is 0.406 e. The summed E-state index contributed by atoms with van der Waals surface area (Å²) in [4.78, 5) is 0. The van der Waals surface area contributed by atoms with Gasteiger partial charge in [-0.3, -0.25) is 0 Å². The van der Waals surface area contributed by atoms with Crippen molar-refractivity contribution in [3.05, 3.63) is 29.8 Å². The van der Waals surface area contributed by atoms with Gasteiger partial charge in [0.1, 0.15) is 5.75 Å². The summed E-state index contributed by atoms with van der Waals surface area (Å²) in [7, 11) is 0. The molecule has 1 aromatic carbocycles. The van der Waals surface area contributed by atoms with Crippen LogP contribution in [-0.4, -0.2) is 6.36 Å². The summed E-state index contributed by atoms with van der Waals surface area (Å²) in [5.41, 5.74) is 6.88. The molecule has 1 aliphatic carbocycles. The molecule has 2 rings (SSSR count). The molecule has 0 spiro atoms. The van der Waals surface area contributed by atoms with E-state index in [-0.39, 0.29) is 11.8 Å². The maximum absolute atomic E-state index is 12.2. The molecule has 21 heavy (non-hydrogen) atoms. The highest BCUT2D eigenvalue weighted by Gasteiger charge is 2.31. The van der Waals surface area contributed by atoms with E-state index < -0.39 is 6.36 Å². The number of alkyl halides is 3. The SMILES string of the molecule is NC(CC1CCCCCC1)c1cccc(OC(F)(F)F)c1. The lowest BCUT2D eigenvalue weighted by molar-refractivity contribution is -0.274. The van der Waals surface area contributed by atoms with Crippen molar-refractivity contribution in [2.45, 2.75) is 57.3 Å². The Kier molecular flexibility index (Phi) is 5.51. The number of hydrogen-bond acceptors (Lipinski definition) is 2. The third kappa shape index (κ3) is 5.58. The van der Waals surface area contributed by atoms with E-state index in [4.69, 9.17) is 5.73 Å². The Balaban J connectivity index is 1.98. The quantitative estimate of drug-likeness (QED) is 0.799. The molecule has 0 amide bonds. The molecule has 1 fully saturated rings. The minimum absolute atomic E-state index is 0.198. The van der Waals surface area contributed by atoms with Gasteiger partial charge in [0.25, 0.3) is 0 Å². The van der Waals surface area contributed by atoms with Crippen molar-refractivity contribution in [1.29, 1.82) is 0 Å². The zero-order chi connectivity index (χ0) is 15.3. The minimum atomic E-state index is -4.66. The normalized spacial score (nSPS) is 19.0. The fraction of sp³-hybridized carbons (Fsp3) is 0.625. The molecule has 118 valence electrons. The van der Waals surface area contributed by atoms with Crippen molar-refractivity contribution in [1.82, 2.24) is 0 Å². The van der Waals surface area contributed by atoms with Gasteiger partial charge in [0.2, 0.25) is 0 Å². The molecule has 0 bridgehead atoms. The maximum atomic E-state index is 12.2. The maximum Gasteiger partial charge on any atom is 0.573 e. The van der Waals surface area contributed by atoms with Crippen molar-refractivity contribution in [3.63, 3.8) is 0 Å². The highest BCUT2D eigenvalue weighted by Crippen LogP contribution is 2.31. The van der Waals surface area contributed by atoms with Gasteiger partial charge in [-0.2, -0.15) is 0 Å². The number of benzene rings is 1. The first-order valence-electron chi connectivity index (χ1n) is 7.55. The predicted molar refractivity (Wildman–Crippen MR) is 75.9 cm³/mol. The van der Waals surface area contributed by atoms with Gasteiger partial charge in [-0.25, -0.2) is 0 Å². The summed E-state index contributed by atoms with van der Waals surface area (Å²) in [6, 6.07) is 5.79. The fourth-order valence-corrected chi connectivity index (χ4v) is 3.04. The van der Waals surface area contributed by atoms with E-state index in [1.54, 1.807) is 12.1 Å². The minimum Gasteiger partial charge on any atom is -0.406 e. The van der Waals surface area contributed by atoms with E-state index in [9.17, 15) is 13.2 Å². The third-order valence-corrected chi connectivity index (χ3v) is 4.08. The summed E-state index contributed by atoms with van der Waals surface area (Å²) in [6.45, 7) is 0. The first-order chi connectivity index (χ1) is 9.94. The molecule has 1 aromatic rings. The van der Waals surface area contributed by atoms with Crippen LogP contribution in [0.1, 0.15) is 56.6 Å². The van der Waals surface area contributed by atoms with Crippen LogP contribution in [0.2, 0.25) is 0 Å². The molecule has 2 N–H and O–H groups in total. The van der Waals surface area contributed by atoms with E-state index in [2.05, 4.69) is 4.74 Å². The Hall–Kier alpha value is -1.23. The first kappa shape index (κ1) is 16.1. The lowest BCUT2D eigenvalue weighted by atomic mass is 9.90. The molecule has 1 saturated carbocycles. The zero-order valence-corrected chi connectivity index (χ0v) is 12.0. The number of hydrogen-bond donors (Lipinski definition) is 1. The van der Waals surface area contributed by atoms with E-state index in [1.165, 1.54) is 50.7 Å². The average molecular weight is 301 g/mol. The van der Waals surface area contributed by atoms with Gasteiger partial charge in [-0.05, 0) is 30.0 Å². The number of halogens is 3. The summed E-state index contributed by atoms with van der Waals surface area (Å²) < 4.78 is 40.7. The Bertz CT molecular complexity index is 439. The molecule has 0 aromatic heterocycles. The highest BCUT2D eigenvalue weighted by molar-refractivity contribution is 5.30. The molecule has 1 atom stereocenters. The van der Waals surface area contributed by atoms with Gasteiger partial charge in [0.05, 0.1) is 0 Å². The van der Waals surface area contributed by atoms with Crippen molar-refractivity contribution < 1.29 is 17.9 Å². The van der Waals surface area contributed by atoms with Crippen molar-refractivity contribution in [2.24, 2.45) is 11.7 Å². The van der Waals surface area contributed by atoms with Crippen LogP contribution in [0.25, 0.3) is 0 Å². The Labute approximate surface area is 123 Å². The molecule has 2 nitrogen and oxygen atoms in total. The lowest BCUT2D eigenvalue weighted by Crippen LogP contribution is -2.18. The van der Waals surface area contributed by atoms with E-state index in [1.807, 2.05) is 0 Å². The molecule has 5 heteroatoms. The molecule has 0 saturated heterocycles. The molecule has 0 aliphatic heterocycles. The van der Waals surface area contributed by atoms with Gasteiger partial charge < -0.3 is 10.5 Å². The van der Waals surface area contributed by atoms with E-state index in [0.717, 1.165) is 6.42 Å². The molecular formula is C16H22F3NO. The first-order valence-corrected chi connectivity index (χ1v) is 7.55. The van der Waals surface area contributed by atoms with E-state index >= 15 is 0 Å². The molecule has 1 aliphatic rings. The van der Waals surface area contributed by atoms with E-state index in [0.29, 0.717) is 11.5 Å². The molecular weight excluding hydrogens is 279 g/mol. The van der Waals surface area contributed by atoms with Crippen molar-refractivity contribution >= 4 is 0 Å². The standard InChI is InChI=1S/C16H22F3NO/c17-16(18,19)21-14-9-5-8-13(11-14)15(20)10-12-6-3-1-2-4-7-12/h5,8-9,11-12,15H,1-4,6-7,10,20H2. The van der Waals surface area contributed by atoms with Crippen LogP contribution >= 0.6 is 0 Å². The molecule has 1 unspecified atom stereocenters. The van der Waals surface area contributed by atoms with Crippen LogP contribution in [0.4, 0.5) is 13.2 Å². The number of nitrogens with two attached hydrogens (primary N) is 1. The lowest BCUT2D eigenvalue weighted by Gasteiger charge is -2.20. The highest BCUT2D eigenvalue weighted by atomic mass is 19.4. The van der Waals surface area contributed by atoms with Gasteiger partial charge >= 0.3 is 6.36 Å². The van der Waals surface area contributed by atoms with Crippen LogP contribution < -0.4 is 10.5 Å². The summed E-state index contributed by atoms with van der Waals surface area (Å²) in [6.07, 6.45) is 3.53. The van der Waals surface area contributed by atoms with Gasteiger partial charge in [-0.15, -0.1) is 13.2 Å². The van der Waals surface area contributed by atoms with Crippen LogP contribution in [0.15, 0.2) is 24.3 Å². The monoisotopic (exact) mass is 301 g/mol. The average Bonchev–Trinajstić information content (AvgIpc) is 2.65. The second-order valence-electron chi connectivity index (χ2n) is 5.82.